The van der Waals surface area contributed by atoms with Crippen molar-refractivity contribution in [2.45, 2.75) is 92.2 Å². The van der Waals surface area contributed by atoms with E-state index in [1.807, 2.05) is 0 Å². The standard InChI is InChI=1S/C21H40N2O12/c1-34-21-18(31)12(23-10-3-8(6-25)14(27)20(33)16(10)29)17(30)11(35-21)4-22-9-2-7(5-24)13(26)19(32)15(9)28/h7-33H,2-6H2,1H3/t7-,8-,9+,10+,11-,12+,13-,14-,15-,16-,17-,18+,19+,20+,21+/m1/s1. The molecule has 1 aliphatic heterocycles. The molecule has 1 heterocycles. The number of hydrogen-bond acceptors (Lipinski definition) is 14. The first kappa shape index (κ1) is 29.0. The van der Waals surface area contributed by atoms with Crippen LogP contribution in [0.5, 0.6) is 0 Å². The van der Waals surface area contributed by atoms with Crippen molar-refractivity contribution in [1.29, 1.82) is 0 Å². The van der Waals surface area contributed by atoms with Crippen LogP contribution < -0.4 is 10.6 Å². The fourth-order valence-electron chi connectivity index (χ4n) is 5.40. The molecule has 12 N–H and O–H groups in total. The summed E-state index contributed by atoms with van der Waals surface area (Å²) in [6.07, 6.45) is -13.1. The molecule has 0 aromatic rings. The van der Waals surface area contributed by atoms with Crippen LogP contribution in [0.25, 0.3) is 0 Å². The topological polar surface area (TPSA) is 245 Å². The summed E-state index contributed by atoms with van der Waals surface area (Å²) in [5, 5.41) is 108. The van der Waals surface area contributed by atoms with Crippen LogP contribution in [-0.4, -0.2) is 157 Å². The zero-order chi connectivity index (χ0) is 26.0. The molecule has 0 radical (unpaired) electrons. The minimum Gasteiger partial charge on any atom is -0.396 e. The van der Waals surface area contributed by atoms with Gasteiger partial charge < -0.3 is 71.2 Å². The predicted octanol–water partition coefficient (Wildman–Crippen LogP) is -6.45. The maximum Gasteiger partial charge on any atom is 0.185 e. The lowest BCUT2D eigenvalue weighted by atomic mass is 9.79. The Bertz CT molecular complexity index is 660. The zero-order valence-electron chi connectivity index (χ0n) is 19.5. The zero-order valence-corrected chi connectivity index (χ0v) is 19.5. The molecular weight excluding hydrogens is 472 g/mol. The molecule has 15 atom stereocenters. The fraction of sp³-hybridized carbons (Fsp3) is 1.00. The van der Waals surface area contributed by atoms with Gasteiger partial charge in [0.1, 0.15) is 24.4 Å². The summed E-state index contributed by atoms with van der Waals surface area (Å²) in [5.41, 5.74) is 0. The van der Waals surface area contributed by atoms with Gasteiger partial charge in [-0.1, -0.05) is 0 Å². The number of ether oxygens (including phenoxy) is 2. The van der Waals surface area contributed by atoms with Crippen LogP contribution in [-0.2, 0) is 9.47 Å². The summed E-state index contributed by atoms with van der Waals surface area (Å²) in [6.45, 7) is -0.897. The van der Waals surface area contributed by atoms with Crippen LogP contribution in [0.2, 0.25) is 0 Å². The molecule has 2 aliphatic carbocycles. The van der Waals surface area contributed by atoms with E-state index in [4.69, 9.17) is 9.47 Å². The molecule has 1 saturated heterocycles. The van der Waals surface area contributed by atoms with Crippen LogP contribution in [0.15, 0.2) is 0 Å². The van der Waals surface area contributed by atoms with Crippen LogP contribution in [0, 0.1) is 11.8 Å². The lowest BCUT2D eigenvalue weighted by molar-refractivity contribution is -0.268. The van der Waals surface area contributed by atoms with E-state index in [2.05, 4.69) is 10.6 Å². The monoisotopic (exact) mass is 512 g/mol. The van der Waals surface area contributed by atoms with E-state index in [9.17, 15) is 51.1 Å². The number of nitrogens with one attached hydrogen (secondary N) is 2. The van der Waals surface area contributed by atoms with Crippen molar-refractivity contribution < 1.29 is 60.5 Å². The third-order valence-electron chi connectivity index (χ3n) is 7.70. The van der Waals surface area contributed by atoms with E-state index in [0.29, 0.717) is 0 Å². The Balaban J connectivity index is 1.69. The Morgan fingerprint density at radius 2 is 1.20 bits per heavy atom. The van der Waals surface area contributed by atoms with Gasteiger partial charge in [0.05, 0.1) is 36.6 Å². The Labute approximate surface area is 202 Å². The van der Waals surface area contributed by atoms with Gasteiger partial charge in [-0.05, 0) is 12.8 Å². The van der Waals surface area contributed by atoms with Gasteiger partial charge in [-0.2, -0.15) is 0 Å². The first-order chi connectivity index (χ1) is 16.5. The largest absolute Gasteiger partial charge is 0.396 e. The minimum atomic E-state index is -1.54. The molecule has 0 bridgehead atoms. The molecule has 35 heavy (non-hydrogen) atoms. The Hall–Kier alpha value is -0.560. The Morgan fingerprint density at radius 1 is 0.686 bits per heavy atom. The number of aliphatic hydroxyl groups excluding tert-OH is 10. The van der Waals surface area contributed by atoms with Crippen molar-refractivity contribution in [3.8, 4) is 0 Å². The number of methoxy groups -OCH3 is 1. The van der Waals surface area contributed by atoms with Gasteiger partial charge in [0, 0.05) is 50.8 Å². The molecule has 0 amide bonds. The minimum absolute atomic E-state index is 0.0598. The number of aliphatic hydroxyl groups is 10. The van der Waals surface area contributed by atoms with Crippen molar-refractivity contribution in [2.24, 2.45) is 11.8 Å². The maximum atomic E-state index is 11.0. The summed E-state index contributed by atoms with van der Waals surface area (Å²) < 4.78 is 10.8. The van der Waals surface area contributed by atoms with E-state index < -0.39 is 104 Å². The smallest absolute Gasteiger partial charge is 0.185 e. The van der Waals surface area contributed by atoms with Crippen LogP contribution in [0.1, 0.15) is 12.8 Å². The second-order valence-corrected chi connectivity index (χ2v) is 9.87. The lowest BCUT2D eigenvalue weighted by Crippen LogP contribution is -2.70. The highest BCUT2D eigenvalue weighted by Crippen LogP contribution is 2.30. The van der Waals surface area contributed by atoms with Gasteiger partial charge in [0.25, 0.3) is 0 Å². The first-order valence-electron chi connectivity index (χ1n) is 11.9. The molecule has 3 rings (SSSR count). The molecule has 3 aliphatic rings. The predicted molar refractivity (Wildman–Crippen MR) is 117 cm³/mol. The Morgan fingerprint density at radius 3 is 1.71 bits per heavy atom. The molecule has 2 saturated carbocycles. The van der Waals surface area contributed by atoms with Crippen molar-refractivity contribution in [3.05, 3.63) is 0 Å². The molecule has 0 spiro atoms. The van der Waals surface area contributed by atoms with Gasteiger partial charge in [-0.25, -0.2) is 0 Å². The fourth-order valence-corrected chi connectivity index (χ4v) is 5.40. The second kappa shape index (κ2) is 12.3. The average molecular weight is 513 g/mol. The highest BCUT2D eigenvalue weighted by Gasteiger charge is 2.49. The third-order valence-corrected chi connectivity index (χ3v) is 7.70. The van der Waals surface area contributed by atoms with Crippen molar-refractivity contribution >= 4 is 0 Å². The molecular formula is C21H40N2O12. The van der Waals surface area contributed by atoms with Gasteiger partial charge in [-0.15, -0.1) is 0 Å². The highest BCUT2D eigenvalue weighted by atomic mass is 16.7. The van der Waals surface area contributed by atoms with Crippen molar-refractivity contribution in [2.75, 3.05) is 26.9 Å². The van der Waals surface area contributed by atoms with Crippen LogP contribution in [0.3, 0.4) is 0 Å². The molecule has 0 aromatic heterocycles. The molecule has 3 fully saturated rings. The summed E-state index contributed by atoms with van der Waals surface area (Å²) >= 11 is 0. The van der Waals surface area contributed by atoms with E-state index in [1.54, 1.807) is 0 Å². The summed E-state index contributed by atoms with van der Waals surface area (Å²) in [6, 6.07) is -2.72. The summed E-state index contributed by atoms with van der Waals surface area (Å²) in [5.74, 6) is -1.40. The Kier molecular flexibility index (Phi) is 10.2. The molecule has 14 nitrogen and oxygen atoms in total. The maximum absolute atomic E-state index is 11.0. The van der Waals surface area contributed by atoms with Gasteiger partial charge in [0.2, 0.25) is 0 Å². The summed E-state index contributed by atoms with van der Waals surface area (Å²) in [4.78, 5) is 0. The van der Waals surface area contributed by atoms with E-state index >= 15 is 0 Å². The molecule has 14 heteroatoms. The van der Waals surface area contributed by atoms with Crippen LogP contribution >= 0.6 is 0 Å². The van der Waals surface area contributed by atoms with E-state index in [1.165, 1.54) is 7.11 Å². The number of rotatable bonds is 8. The van der Waals surface area contributed by atoms with Gasteiger partial charge in [-0.3, -0.25) is 0 Å². The van der Waals surface area contributed by atoms with Crippen molar-refractivity contribution in [1.82, 2.24) is 10.6 Å². The van der Waals surface area contributed by atoms with E-state index in [0.717, 1.165) is 0 Å². The first-order valence-corrected chi connectivity index (χ1v) is 11.9. The highest BCUT2D eigenvalue weighted by molar-refractivity contribution is 5.03. The van der Waals surface area contributed by atoms with Gasteiger partial charge >= 0.3 is 0 Å². The normalized spacial score (nSPS) is 51.3. The van der Waals surface area contributed by atoms with Crippen LogP contribution in [0.4, 0.5) is 0 Å². The lowest BCUT2D eigenvalue weighted by Gasteiger charge is -2.47. The SMILES string of the molecule is CO[C@H]1O[C@H](CN[C@H]2C[C@H](CO)[C@@H](O)[C@H](O)[C@@H]2O)[C@@H](O)[C@H](N[C@H]2C[C@H](CO)[C@@H](O)[C@H](O)[C@@H]2O)[C@@H]1O. The van der Waals surface area contributed by atoms with Crippen molar-refractivity contribution in [3.63, 3.8) is 0 Å². The molecule has 0 unspecified atom stereocenters. The number of hydrogen-bond donors (Lipinski definition) is 12. The third kappa shape index (κ3) is 5.97. The second-order valence-electron chi connectivity index (χ2n) is 9.87. The summed E-state index contributed by atoms with van der Waals surface area (Å²) in [7, 11) is 1.29. The average Bonchev–Trinajstić information content (AvgIpc) is 2.85. The van der Waals surface area contributed by atoms with Gasteiger partial charge in [0.15, 0.2) is 6.29 Å². The molecule has 0 aromatic carbocycles. The van der Waals surface area contributed by atoms with E-state index in [-0.39, 0.29) is 19.4 Å². The quantitative estimate of drug-likeness (QED) is 0.145. The molecule has 206 valence electrons.